The van der Waals surface area contributed by atoms with Gasteiger partial charge in [0.1, 0.15) is 5.75 Å². The van der Waals surface area contributed by atoms with Crippen LogP contribution in [0.5, 0.6) is 5.75 Å². The number of ether oxygens (including phenoxy) is 1. The van der Waals surface area contributed by atoms with Gasteiger partial charge in [-0.1, -0.05) is 24.3 Å². The molecule has 0 aliphatic carbocycles. The van der Waals surface area contributed by atoms with Crippen LogP contribution in [0.25, 0.3) is 11.1 Å². The van der Waals surface area contributed by atoms with E-state index in [0.717, 1.165) is 33.6 Å². The summed E-state index contributed by atoms with van der Waals surface area (Å²) in [7, 11) is 0. The molecule has 1 aliphatic heterocycles. The van der Waals surface area contributed by atoms with Crippen LogP contribution in [-0.2, 0) is 13.1 Å². The highest BCUT2D eigenvalue weighted by atomic mass is 16.5. The van der Waals surface area contributed by atoms with Crippen molar-refractivity contribution < 1.29 is 9.53 Å². The van der Waals surface area contributed by atoms with Crippen molar-refractivity contribution in [1.82, 2.24) is 15.1 Å². The van der Waals surface area contributed by atoms with Gasteiger partial charge in [0.05, 0.1) is 12.3 Å². The monoisotopic (exact) mass is 347 g/mol. The summed E-state index contributed by atoms with van der Waals surface area (Å²) in [6.45, 7) is 5.22. The van der Waals surface area contributed by atoms with E-state index in [0.29, 0.717) is 13.1 Å². The second-order valence-electron chi connectivity index (χ2n) is 6.83. The number of aromatic amines is 1. The third-order valence-electron chi connectivity index (χ3n) is 4.46. The summed E-state index contributed by atoms with van der Waals surface area (Å²) in [6, 6.07) is 14.0. The fourth-order valence-electron chi connectivity index (χ4n) is 3.29. The average Bonchev–Trinajstić information content (AvgIpc) is 3.24. The van der Waals surface area contributed by atoms with Gasteiger partial charge in [0.2, 0.25) is 0 Å². The lowest BCUT2D eigenvalue weighted by atomic mass is 10.0. The minimum Gasteiger partial charge on any atom is -0.491 e. The van der Waals surface area contributed by atoms with E-state index in [1.807, 2.05) is 67.4 Å². The Bertz CT molecular complexity index is 932. The van der Waals surface area contributed by atoms with Crippen LogP contribution < -0.4 is 4.74 Å². The van der Waals surface area contributed by atoms with E-state index in [2.05, 4.69) is 10.2 Å². The molecule has 1 amide bonds. The number of benzene rings is 2. The van der Waals surface area contributed by atoms with Crippen molar-refractivity contribution in [2.24, 2.45) is 0 Å². The first-order valence-electron chi connectivity index (χ1n) is 8.77. The molecule has 0 bridgehead atoms. The lowest BCUT2D eigenvalue weighted by Crippen LogP contribution is -2.23. The number of carbonyl (C=O) groups is 1. The summed E-state index contributed by atoms with van der Waals surface area (Å²) in [5, 5.41) is 6.79. The molecule has 0 saturated carbocycles. The summed E-state index contributed by atoms with van der Waals surface area (Å²) >= 11 is 0. The van der Waals surface area contributed by atoms with Gasteiger partial charge in [0.15, 0.2) is 0 Å². The summed E-state index contributed by atoms with van der Waals surface area (Å²) in [4.78, 5) is 14.7. The topological polar surface area (TPSA) is 58.2 Å². The molecule has 5 heteroatoms. The van der Waals surface area contributed by atoms with Crippen LogP contribution in [-0.4, -0.2) is 27.1 Å². The molecule has 0 saturated heterocycles. The zero-order chi connectivity index (χ0) is 18.1. The number of carbonyl (C=O) groups excluding carboxylic acids is 1. The predicted octanol–water partition coefficient (Wildman–Crippen LogP) is 4.02. The SMILES string of the molecule is CC(C)Oc1cccc(CN2Cc3ccc(-c4cn[nH]c4)cc3C2=O)c1. The molecule has 26 heavy (non-hydrogen) atoms. The van der Waals surface area contributed by atoms with E-state index in [9.17, 15) is 4.79 Å². The Kier molecular flexibility index (Phi) is 4.21. The van der Waals surface area contributed by atoms with Crippen LogP contribution >= 0.6 is 0 Å². The maximum Gasteiger partial charge on any atom is 0.254 e. The first-order chi connectivity index (χ1) is 12.6. The largest absolute Gasteiger partial charge is 0.491 e. The Balaban J connectivity index is 1.54. The van der Waals surface area contributed by atoms with Crippen molar-refractivity contribution in [2.45, 2.75) is 33.0 Å². The molecule has 0 unspecified atom stereocenters. The van der Waals surface area contributed by atoms with E-state index in [1.165, 1.54) is 0 Å². The third-order valence-corrected chi connectivity index (χ3v) is 4.46. The van der Waals surface area contributed by atoms with Crippen LogP contribution in [0.3, 0.4) is 0 Å². The van der Waals surface area contributed by atoms with Gasteiger partial charge in [-0.05, 0) is 48.7 Å². The van der Waals surface area contributed by atoms with Crippen molar-refractivity contribution in [2.75, 3.05) is 0 Å². The molecule has 5 nitrogen and oxygen atoms in total. The molecule has 132 valence electrons. The summed E-state index contributed by atoms with van der Waals surface area (Å²) < 4.78 is 5.75. The van der Waals surface area contributed by atoms with Gasteiger partial charge in [-0.3, -0.25) is 9.89 Å². The Morgan fingerprint density at radius 2 is 2.08 bits per heavy atom. The molecule has 0 radical (unpaired) electrons. The van der Waals surface area contributed by atoms with Gasteiger partial charge in [0.25, 0.3) is 5.91 Å². The highest BCUT2D eigenvalue weighted by molar-refractivity contribution is 5.99. The Hall–Kier alpha value is -3.08. The van der Waals surface area contributed by atoms with E-state index >= 15 is 0 Å². The predicted molar refractivity (Wildman–Crippen MR) is 99.8 cm³/mol. The number of H-pyrrole nitrogens is 1. The van der Waals surface area contributed by atoms with Crippen LogP contribution in [0.1, 0.15) is 35.3 Å². The van der Waals surface area contributed by atoms with Crippen molar-refractivity contribution in [3.05, 3.63) is 71.5 Å². The molecule has 1 aliphatic rings. The maximum absolute atomic E-state index is 12.9. The van der Waals surface area contributed by atoms with Gasteiger partial charge in [0, 0.05) is 30.4 Å². The molecule has 3 aromatic rings. The van der Waals surface area contributed by atoms with Gasteiger partial charge < -0.3 is 9.64 Å². The standard InChI is InChI=1S/C21H21N3O2/c1-14(2)26-19-5-3-4-15(8-19)12-24-13-17-7-6-16(9-20(17)21(24)25)18-10-22-23-11-18/h3-11,14H,12-13H2,1-2H3,(H,22,23). The Labute approximate surface area is 152 Å². The fraction of sp³-hybridized carbons (Fsp3) is 0.238. The summed E-state index contributed by atoms with van der Waals surface area (Å²) in [5.41, 5.74) is 4.90. The number of aromatic nitrogens is 2. The number of hydrogen-bond donors (Lipinski definition) is 1. The van der Waals surface area contributed by atoms with Gasteiger partial charge in [-0.25, -0.2) is 0 Å². The summed E-state index contributed by atoms with van der Waals surface area (Å²) in [6.07, 6.45) is 3.72. The van der Waals surface area contributed by atoms with Crippen LogP contribution in [0.2, 0.25) is 0 Å². The number of hydrogen-bond acceptors (Lipinski definition) is 3. The number of amides is 1. The first-order valence-corrected chi connectivity index (χ1v) is 8.77. The molecular formula is C21H21N3O2. The third kappa shape index (κ3) is 3.20. The van der Waals surface area contributed by atoms with Crippen molar-refractivity contribution >= 4 is 5.91 Å². The highest BCUT2D eigenvalue weighted by Crippen LogP contribution is 2.29. The van der Waals surface area contributed by atoms with E-state index < -0.39 is 0 Å². The van der Waals surface area contributed by atoms with Gasteiger partial charge in [-0.2, -0.15) is 5.10 Å². The number of nitrogens with zero attached hydrogens (tertiary/aromatic N) is 2. The highest BCUT2D eigenvalue weighted by Gasteiger charge is 2.27. The van der Waals surface area contributed by atoms with Crippen LogP contribution in [0.4, 0.5) is 0 Å². The van der Waals surface area contributed by atoms with E-state index in [1.54, 1.807) is 6.20 Å². The number of nitrogens with one attached hydrogen (secondary N) is 1. The van der Waals surface area contributed by atoms with E-state index in [-0.39, 0.29) is 12.0 Å². The normalized spacial score (nSPS) is 13.3. The Morgan fingerprint density at radius 3 is 2.85 bits per heavy atom. The molecule has 1 N–H and O–H groups in total. The minimum atomic E-state index is 0.0699. The van der Waals surface area contributed by atoms with Gasteiger partial charge >= 0.3 is 0 Å². The smallest absolute Gasteiger partial charge is 0.254 e. The number of rotatable bonds is 5. The fourth-order valence-corrected chi connectivity index (χ4v) is 3.29. The lowest BCUT2D eigenvalue weighted by molar-refractivity contribution is 0.0766. The zero-order valence-electron chi connectivity index (χ0n) is 14.9. The molecule has 0 fully saturated rings. The second kappa shape index (κ2) is 6.67. The maximum atomic E-state index is 12.9. The zero-order valence-corrected chi connectivity index (χ0v) is 14.9. The molecule has 2 aromatic carbocycles. The molecule has 0 atom stereocenters. The van der Waals surface area contributed by atoms with E-state index in [4.69, 9.17) is 4.74 Å². The van der Waals surface area contributed by atoms with Crippen molar-refractivity contribution in [3.8, 4) is 16.9 Å². The quantitative estimate of drug-likeness (QED) is 0.758. The molecule has 0 spiro atoms. The lowest BCUT2D eigenvalue weighted by Gasteiger charge is -2.17. The molecular weight excluding hydrogens is 326 g/mol. The minimum absolute atomic E-state index is 0.0699. The van der Waals surface area contributed by atoms with Crippen molar-refractivity contribution in [3.63, 3.8) is 0 Å². The molecule has 4 rings (SSSR count). The summed E-state index contributed by atoms with van der Waals surface area (Å²) in [5.74, 6) is 0.907. The second-order valence-corrected chi connectivity index (χ2v) is 6.83. The first kappa shape index (κ1) is 16.4. The van der Waals surface area contributed by atoms with Crippen molar-refractivity contribution in [1.29, 1.82) is 0 Å². The average molecular weight is 347 g/mol. The number of fused-ring (bicyclic) bond motifs is 1. The van der Waals surface area contributed by atoms with Crippen LogP contribution in [0, 0.1) is 0 Å². The van der Waals surface area contributed by atoms with Gasteiger partial charge in [-0.15, -0.1) is 0 Å². The Morgan fingerprint density at radius 1 is 1.19 bits per heavy atom. The molecule has 1 aromatic heterocycles. The molecule has 2 heterocycles. The van der Waals surface area contributed by atoms with Crippen LogP contribution in [0.15, 0.2) is 54.9 Å².